The van der Waals surface area contributed by atoms with E-state index in [1.165, 1.54) is 12.1 Å². The highest BCUT2D eigenvalue weighted by atomic mass is 19.4. The molecule has 0 unspecified atom stereocenters. The van der Waals surface area contributed by atoms with E-state index in [4.69, 9.17) is 0 Å². The van der Waals surface area contributed by atoms with Gasteiger partial charge >= 0.3 is 6.18 Å². The SMILES string of the molecule is Oc1c(-c2nc(NCc3cccnc3)c3ccccc3n2)cccc1C(F)(F)F. The minimum Gasteiger partial charge on any atom is -0.507 e. The number of halogens is 3. The Morgan fingerprint density at radius 3 is 2.52 bits per heavy atom. The highest BCUT2D eigenvalue weighted by Gasteiger charge is 2.35. The molecule has 0 aliphatic carbocycles. The Kier molecular flexibility index (Phi) is 4.75. The van der Waals surface area contributed by atoms with Gasteiger partial charge in [-0.15, -0.1) is 0 Å². The summed E-state index contributed by atoms with van der Waals surface area (Å²) in [6.45, 7) is 0.420. The minimum atomic E-state index is -4.68. The van der Waals surface area contributed by atoms with Gasteiger partial charge < -0.3 is 10.4 Å². The third kappa shape index (κ3) is 3.82. The second-order valence-electron chi connectivity index (χ2n) is 6.33. The van der Waals surface area contributed by atoms with Crippen molar-refractivity contribution >= 4 is 16.7 Å². The molecule has 0 spiro atoms. The molecule has 2 aromatic heterocycles. The number of hydrogen-bond acceptors (Lipinski definition) is 5. The van der Waals surface area contributed by atoms with Crippen LogP contribution in [0.3, 0.4) is 0 Å². The van der Waals surface area contributed by atoms with E-state index in [2.05, 4.69) is 20.3 Å². The molecule has 146 valence electrons. The Balaban J connectivity index is 1.80. The summed E-state index contributed by atoms with van der Waals surface area (Å²) in [4.78, 5) is 12.8. The Labute approximate surface area is 163 Å². The first kappa shape index (κ1) is 18.7. The van der Waals surface area contributed by atoms with E-state index in [0.717, 1.165) is 11.6 Å². The maximum atomic E-state index is 13.2. The second kappa shape index (κ2) is 7.38. The Morgan fingerprint density at radius 2 is 1.76 bits per heavy atom. The molecule has 0 saturated carbocycles. The molecule has 8 heteroatoms. The number of phenols is 1. The molecule has 0 fully saturated rings. The quantitative estimate of drug-likeness (QED) is 0.506. The number of phenolic OH excluding ortho intramolecular Hbond substituents is 1. The second-order valence-corrected chi connectivity index (χ2v) is 6.33. The predicted octanol–water partition coefficient (Wildman–Crippen LogP) is 5.03. The van der Waals surface area contributed by atoms with Gasteiger partial charge in [-0.2, -0.15) is 13.2 Å². The summed E-state index contributed by atoms with van der Waals surface area (Å²) in [6.07, 6.45) is -1.31. The van der Waals surface area contributed by atoms with Crippen molar-refractivity contribution in [2.24, 2.45) is 0 Å². The summed E-state index contributed by atoms with van der Waals surface area (Å²) in [6, 6.07) is 14.2. The number of hydrogen-bond donors (Lipinski definition) is 2. The number of nitrogens with zero attached hydrogens (tertiary/aromatic N) is 3. The van der Waals surface area contributed by atoms with Crippen molar-refractivity contribution in [3.8, 4) is 17.1 Å². The number of pyridine rings is 1. The zero-order valence-corrected chi connectivity index (χ0v) is 15.0. The molecule has 5 nitrogen and oxygen atoms in total. The standard InChI is InChI=1S/C21H15F3N4O/c22-21(23,24)16-8-3-7-15(18(16)29)20-27-17-9-2-1-6-14(17)19(28-20)26-12-13-5-4-10-25-11-13/h1-11,29H,12H2,(H,26,27,28). The highest BCUT2D eigenvalue weighted by Crippen LogP contribution is 2.40. The van der Waals surface area contributed by atoms with Crippen LogP contribution >= 0.6 is 0 Å². The maximum Gasteiger partial charge on any atom is 0.419 e. The number of alkyl halides is 3. The third-order valence-corrected chi connectivity index (χ3v) is 4.37. The molecule has 4 rings (SSSR count). The van der Waals surface area contributed by atoms with E-state index < -0.39 is 17.5 Å². The summed E-state index contributed by atoms with van der Waals surface area (Å²) in [7, 11) is 0. The first-order valence-corrected chi connectivity index (χ1v) is 8.72. The van der Waals surface area contributed by atoms with E-state index in [-0.39, 0.29) is 11.4 Å². The van der Waals surface area contributed by atoms with Crippen molar-refractivity contribution in [3.63, 3.8) is 0 Å². The Hall–Kier alpha value is -3.68. The molecular weight excluding hydrogens is 381 g/mol. The van der Waals surface area contributed by atoms with E-state index >= 15 is 0 Å². The molecule has 2 N–H and O–H groups in total. The van der Waals surface area contributed by atoms with Crippen LogP contribution in [0.25, 0.3) is 22.3 Å². The fourth-order valence-corrected chi connectivity index (χ4v) is 2.97. The largest absolute Gasteiger partial charge is 0.507 e. The molecule has 0 atom stereocenters. The number of para-hydroxylation sites is 2. The molecular formula is C21H15F3N4O. The lowest BCUT2D eigenvalue weighted by Gasteiger charge is -2.14. The smallest absolute Gasteiger partial charge is 0.419 e. The third-order valence-electron chi connectivity index (χ3n) is 4.37. The van der Waals surface area contributed by atoms with Gasteiger partial charge in [-0.05, 0) is 35.9 Å². The molecule has 0 aliphatic heterocycles. The van der Waals surface area contributed by atoms with Gasteiger partial charge in [0.15, 0.2) is 5.82 Å². The lowest BCUT2D eigenvalue weighted by molar-refractivity contribution is -0.138. The van der Waals surface area contributed by atoms with Crippen molar-refractivity contribution in [1.82, 2.24) is 15.0 Å². The van der Waals surface area contributed by atoms with E-state index in [9.17, 15) is 18.3 Å². The van der Waals surface area contributed by atoms with E-state index in [1.807, 2.05) is 18.2 Å². The molecule has 0 aliphatic rings. The van der Waals surface area contributed by atoms with Crippen LogP contribution in [0.4, 0.5) is 19.0 Å². The van der Waals surface area contributed by atoms with Crippen LogP contribution in [0.2, 0.25) is 0 Å². The van der Waals surface area contributed by atoms with Crippen LogP contribution < -0.4 is 5.32 Å². The molecule has 0 bridgehead atoms. The Bertz CT molecular complexity index is 1160. The zero-order chi connectivity index (χ0) is 20.4. The molecule has 0 saturated heterocycles. The fraction of sp³-hybridized carbons (Fsp3) is 0.0952. The lowest BCUT2D eigenvalue weighted by Crippen LogP contribution is -2.07. The van der Waals surface area contributed by atoms with Gasteiger partial charge in [-0.3, -0.25) is 4.98 Å². The van der Waals surface area contributed by atoms with Gasteiger partial charge in [0.2, 0.25) is 0 Å². The van der Waals surface area contributed by atoms with Crippen molar-refractivity contribution in [1.29, 1.82) is 0 Å². The zero-order valence-electron chi connectivity index (χ0n) is 15.0. The number of aromatic hydroxyl groups is 1. The number of nitrogens with one attached hydrogen (secondary N) is 1. The molecule has 0 amide bonds. The average molecular weight is 396 g/mol. The first-order valence-electron chi connectivity index (χ1n) is 8.72. The molecule has 2 aromatic carbocycles. The van der Waals surface area contributed by atoms with Crippen molar-refractivity contribution in [2.75, 3.05) is 5.32 Å². The molecule has 0 radical (unpaired) electrons. The number of aromatic nitrogens is 3. The monoisotopic (exact) mass is 396 g/mol. The van der Waals surface area contributed by atoms with Gasteiger partial charge in [0.05, 0.1) is 16.6 Å². The van der Waals surface area contributed by atoms with Crippen LogP contribution in [-0.4, -0.2) is 20.1 Å². The predicted molar refractivity (Wildman–Crippen MR) is 103 cm³/mol. The summed E-state index contributed by atoms with van der Waals surface area (Å²) < 4.78 is 39.5. The number of anilines is 1. The van der Waals surface area contributed by atoms with E-state index in [1.54, 1.807) is 30.6 Å². The molecule has 29 heavy (non-hydrogen) atoms. The van der Waals surface area contributed by atoms with Crippen molar-refractivity contribution < 1.29 is 18.3 Å². The summed E-state index contributed by atoms with van der Waals surface area (Å²) in [5, 5.41) is 14.1. The van der Waals surface area contributed by atoms with Crippen LogP contribution in [0.1, 0.15) is 11.1 Å². The Morgan fingerprint density at radius 1 is 0.931 bits per heavy atom. The van der Waals surface area contributed by atoms with Crippen LogP contribution in [0.5, 0.6) is 5.75 Å². The fourth-order valence-electron chi connectivity index (χ4n) is 2.97. The molecule has 2 heterocycles. The van der Waals surface area contributed by atoms with Gasteiger partial charge in [0.25, 0.3) is 0 Å². The molecule has 4 aromatic rings. The van der Waals surface area contributed by atoms with Crippen LogP contribution in [0, 0.1) is 0 Å². The first-order chi connectivity index (χ1) is 13.9. The van der Waals surface area contributed by atoms with Crippen LogP contribution in [-0.2, 0) is 12.7 Å². The average Bonchev–Trinajstić information content (AvgIpc) is 2.72. The number of fused-ring (bicyclic) bond motifs is 1. The lowest BCUT2D eigenvalue weighted by atomic mass is 10.1. The normalized spacial score (nSPS) is 11.6. The maximum absolute atomic E-state index is 13.2. The van der Waals surface area contributed by atoms with Crippen molar-refractivity contribution in [2.45, 2.75) is 12.7 Å². The van der Waals surface area contributed by atoms with E-state index in [0.29, 0.717) is 23.3 Å². The van der Waals surface area contributed by atoms with Gasteiger partial charge in [-0.25, -0.2) is 9.97 Å². The summed E-state index contributed by atoms with van der Waals surface area (Å²) >= 11 is 0. The number of benzene rings is 2. The van der Waals surface area contributed by atoms with Gasteiger partial charge in [-0.1, -0.05) is 24.3 Å². The topological polar surface area (TPSA) is 70.9 Å². The van der Waals surface area contributed by atoms with Gasteiger partial charge in [0, 0.05) is 24.3 Å². The van der Waals surface area contributed by atoms with Crippen molar-refractivity contribution in [3.05, 3.63) is 78.1 Å². The highest BCUT2D eigenvalue weighted by molar-refractivity contribution is 5.91. The van der Waals surface area contributed by atoms with Gasteiger partial charge in [0.1, 0.15) is 11.6 Å². The summed E-state index contributed by atoms with van der Waals surface area (Å²) in [5.41, 5.74) is 0.244. The minimum absolute atomic E-state index is 0.000914. The number of rotatable bonds is 4. The van der Waals surface area contributed by atoms with Crippen LogP contribution in [0.15, 0.2) is 67.0 Å². The summed E-state index contributed by atoms with van der Waals surface area (Å²) in [5.74, 6) is -0.444.